The number of methoxy groups -OCH3 is 1. The van der Waals surface area contributed by atoms with Crippen molar-refractivity contribution in [1.29, 1.82) is 0 Å². The second-order valence-corrected chi connectivity index (χ2v) is 9.47. The number of likely N-dealkylation sites (tertiary alicyclic amines) is 1. The zero-order chi connectivity index (χ0) is 22.8. The summed E-state index contributed by atoms with van der Waals surface area (Å²) in [4.78, 5) is 7.41. The lowest BCUT2D eigenvalue weighted by Gasteiger charge is -2.33. The minimum Gasteiger partial charge on any atom is -0.497 e. The molecule has 170 valence electrons. The maximum Gasteiger partial charge on any atom is 0.172 e. The Morgan fingerprint density at radius 1 is 1.09 bits per heavy atom. The number of aryl methyl sites for hydroxylation is 1. The Labute approximate surface area is 202 Å². The van der Waals surface area contributed by atoms with E-state index in [1.807, 2.05) is 22.8 Å². The van der Waals surface area contributed by atoms with E-state index in [0.717, 1.165) is 65.4 Å². The van der Waals surface area contributed by atoms with Crippen molar-refractivity contribution >= 4 is 27.4 Å². The van der Waals surface area contributed by atoms with Gasteiger partial charge in [-0.2, -0.15) is 9.61 Å². The lowest BCUT2D eigenvalue weighted by molar-refractivity contribution is 0.211. The summed E-state index contributed by atoms with van der Waals surface area (Å²) in [5.41, 5.74) is 5.46. The normalized spacial score (nSPS) is 15.1. The Kier molecular flexibility index (Phi) is 6.33. The maximum atomic E-state index is 5.27. The lowest BCUT2D eigenvalue weighted by atomic mass is 10.0. The van der Waals surface area contributed by atoms with Gasteiger partial charge in [-0.1, -0.05) is 36.4 Å². The molecule has 0 atom stereocenters. The van der Waals surface area contributed by atoms with E-state index in [2.05, 4.69) is 80.6 Å². The average molecular weight is 506 g/mol. The van der Waals surface area contributed by atoms with E-state index in [9.17, 15) is 0 Å². The number of fused-ring (bicyclic) bond motifs is 1. The highest BCUT2D eigenvalue weighted by atomic mass is 79.9. The number of hydrogen-bond donors (Lipinski definition) is 1. The van der Waals surface area contributed by atoms with Crippen LogP contribution < -0.4 is 10.1 Å². The van der Waals surface area contributed by atoms with Crippen LogP contribution in [0.5, 0.6) is 5.75 Å². The molecule has 0 radical (unpaired) electrons. The first-order valence-electron chi connectivity index (χ1n) is 11.3. The number of nitrogens with one attached hydrogen (secondary N) is 1. The van der Waals surface area contributed by atoms with Crippen molar-refractivity contribution in [3.05, 3.63) is 76.4 Å². The number of hydrogen-bond acceptors (Lipinski definition) is 5. The number of benzene rings is 2. The molecule has 0 aliphatic carbocycles. The van der Waals surface area contributed by atoms with Crippen molar-refractivity contribution in [1.82, 2.24) is 19.5 Å². The van der Waals surface area contributed by atoms with Crippen LogP contribution in [-0.2, 0) is 6.54 Å². The second kappa shape index (κ2) is 9.53. The predicted octanol–water partition coefficient (Wildman–Crippen LogP) is 5.55. The van der Waals surface area contributed by atoms with E-state index in [4.69, 9.17) is 9.72 Å². The van der Waals surface area contributed by atoms with Gasteiger partial charge in [-0.15, -0.1) is 0 Å². The van der Waals surface area contributed by atoms with Crippen molar-refractivity contribution in [2.24, 2.45) is 0 Å². The molecule has 1 saturated heterocycles. The van der Waals surface area contributed by atoms with Crippen LogP contribution in [0.25, 0.3) is 16.9 Å². The standard InChI is InChI=1S/C26H28BrN5O/c1-18-5-3-4-6-22(18)24-15-25(32-26(30-24)23(27)16-28-32)29-20-11-13-31(14-12-20)17-19-7-9-21(33-2)10-8-19/h3-10,15-16,20,29H,11-14,17H2,1-2H3. The maximum absolute atomic E-state index is 5.27. The molecule has 1 aliphatic rings. The van der Waals surface area contributed by atoms with E-state index in [-0.39, 0.29) is 0 Å². The summed E-state index contributed by atoms with van der Waals surface area (Å²) in [5.74, 6) is 1.89. The minimum atomic E-state index is 0.399. The smallest absolute Gasteiger partial charge is 0.172 e. The van der Waals surface area contributed by atoms with E-state index < -0.39 is 0 Å². The van der Waals surface area contributed by atoms with Crippen LogP contribution in [0, 0.1) is 6.92 Å². The van der Waals surface area contributed by atoms with Gasteiger partial charge in [0.1, 0.15) is 11.6 Å². The van der Waals surface area contributed by atoms with Gasteiger partial charge in [0.05, 0.1) is 23.5 Å². The van der Waals surface area contributed by atoms with E-state index in [0.29, 0.717) is 6.04 Å². The van der Waals surface area contributed by atoms with Gasteiger partial charge in [0, 0.05) is 37.3 Å². The zero-order valence-electron chi connectivity index (χ0n) is 19.0. The van der Waals surface area contributed by atoms with Gasteiger partial charge in [-0.25, -0.2) is 4.98 Å². The van der Waals surface area contributed by atoms with E-state index >= 15 is 0 Å². The van der Waals surface area contributed by atoms with Crippen LogP contribution in [0.1, 0.15) is 24.0 Å². The molecule has 7 heteroatoms. The number of anilines is 1. The molecule has 5 rings (SSSR count). The molecule has 2 aromatic heterocycles. The SMILES string of the molecule is COc1ccc(CN2CCC(Nc3cc(-c4ccccc4C)nc4c(Br)cnn34)CC2)cc1. The third-order valence-electron chi connectivity index (χ3n) is 6.35. The molecule has 3 heterocycles. The first-order chi connectivity index (χ1) is 16.1. The van der Waals surface area contributed by atoms with E-state index in [1.165, 1.54) is 11.1 Å². The predicted molar refractivity (Wildman–Crippen MR) is 136 cm³/mol. The third-order valence-corrected chi connectivity index (χ3v) is 6.91. The fourth-order valence-electron chi connectivity index (χ4n) is 4.47. The summed E-state index contributed by atoms with van der Waals surface area (Å²) >= 11 is 3.61. The van der Waals surface area contributed by atoms with Crippen LogP contribution in [0.15, 0.2) is 65.3 Å². The highest BCUT2D eigenvalue weighted by molar-refractivity contribution is 9.10. The summed E-state index contributed by atoms with van der Waals surface area (Å²) in [6.07, 6.45) is 3.98. The van der Waals surface area contributed by atoms with Gasteiger partial charge >= 0.3 is 0 Å². The molecule has 33 heavy (non-hydrogen) atoms. The molecule has 0 spiro atoms. The van der Waals surface area contributed by atoms with Crippen molar-refractivity contribution in [3.63, 3.8) is 0 Å². The first-order valence-corrected chi connectivity index (χ1v) is 12.1. The van der Waals surface area contributed by atoms with Crippen LogP contribution in [0.2, 0.25) is 0 Å². The molecule has 0 unspecified atom stereocenters. The number of halogens is 1. The van der Waals surface area contributed by atoms with Gasteiger partial charge in [-0.05, 0) is 59.0 Å². The lowest BCUT2D eigenvalue weighted by Crippen LogP contribution is -2.39. The molecule has 0 saturated carbocycles. The first kappa shape index (κ1) is 21.9. The molecule has 1 aliphatic heterocycles. The summed E-state index contributed by atoms with van der Waals surface area (Å²) in [6, 6.07) is 19.3. The van der Waals surface area contributed by atoms with Gasteiger partial charge < -0.3 is 10.1 Å². The topological polar surface area (TPSA) is 54.7 Å². The van der Waals surface area contributed by atoms with Crippen LogP contribution >= 0.6 is 15.9 Å². The molecule has 6 nitrogen and oxygen atoms in total. The number of ether oxygens (including phenoxy) is 1. The zero-order valence-corrected chi connectivity index (χ0v) is 20.5. The third kappa shape index (κ3) is 4.75. The molecule has 1 fully saturated rings. The quantitative estimate of drug-likeness (QED) is 0.372. The highest BCUT2D eigenvalue weighted by Gasteiger charge is 2.21. The number of aromatic nitrogens is 3. The summed E-state index contributed by atoms with van der Waals surface area (Å²) in [7, 11) is 1.70. The van der Waals surface area contributed by atoms with Crippen LogP contribution in [0.4, 0.5) is 5.82 Å². The Balaban J connectivity index is 1.31. The number of piperidine rings is 1. The summed E-state index contributed by atoms with van der Waals surface area (Å²) in [5, 5.41) is 8.31. The number of nitrogens with zero attached hydrogens (tertiary/aromatic N) is 4. The molecule has 4 aromatic rings. The molecule has 0 amide bonds. The average Bonchev–Trinajstić information content (AvgIpc) is 3.22. The summed E-state index contributed by atoms with van der Waals surface area (Å²) < 4.78 is 8.07. The van der Waals surface area contributed by atoms with E-state index in [1.54, 1.807) is 7.11 Å². The summed E-state index contributed by atoms with van der Waals surface area (Å²) in [6.45, 7) is 5.22. The van der Waals surface area contributed by atoms with Gasteiger partial charge in [0.2, 0.25) is 0 Å². The Morgan fingerprint density at radius 2 is 1.85 bits per heavy atom. The molecule has 0 bridgehead atoms. The van der Waals surface area contributed by atoms with Crippen molar-refractivity contribution < 1.29 is 4.74 Å². The Bertz CT molecular complexity index is 1250. The fraction of sp³-hybridized carbons (Fsp3) is 0.308. The van der Waals surface area contributed by atoms with Crippen LogP contribution in [-0.4, -0.2) is 45.7 Å². The number of rotatable bonds is 6. The van der Waals surface area contributed by atoms with Crippen molar-refractivity contribution in [2.45, 2.75) is 32.4 Å². The van der Waals surface area contributed by atoms with Crippen molar-refractivity contribution in [3.8, 4) is 17.0 Å². The largest absolute Gasteiger partial charge is 0.497 e. The minimum absolute atomic E-state index is 0.399. The molecular formula is C26H28BrN5O. The van der Waals surface area contributed by atoms with Gasteiger partial charge in [0.25, 0.3) is 0 Å². The van der Waals surface area contributed by atoms with Gasteiger partial charge in [0.15, 0.2) is 5.65 Å². The monoisotopic (exact) mass is 505 g/mol. The van der Waals surface area contributed by atoms with Crippen molar-refractivity contribution in [2.75, 3.05) is 25.5 Å². The van der Waals surface area contributed by atoms with Gasteiger partial charge in [-0.3, -0.25) is 4.90 Å². The second-order valence-electron chi connectivity index (χ2n) is 8.61. The highest BCUT2D eigenvalue weighted by Crippen LogP contribution is 2.29. The molecule has 2 aromatic carbocycles. The molecular weight excluding hydrogens is 478 g/mol. The molecule has 1 N–H and O–H groups in total. The fourth-order valence-corrected chi connectivity index (χ4v) is 4.82. The Hall–Kier alpha value is -2.90. The Morgan fingerprint density at radius 3 is 2.58 bits per heavy atom. The van der Waals surface area contributed by atoms with Crippen LogP contribution in [0.3, 0.4) is 0 Å².